The number of H-pyrrole nitrogens is 1. The Hall–Kier alpha value is -3.30. The lowest BCUT2D eigenvalue weighted by molar-refractivity contribution is -0.119. The van der Waals surface area contributed by atoms with Gasteiger partial charge in [0, 0.05) is 35.6 Å². The van der Waals surface area contributed by atoms with Crippen molar-refractivity contribution in [3.63, 3.8) is 0 Å². The molecule has 162 valence electrons. The SMILES string of the molecule is CN1C(=O)[C@@H](NC(=O)c2cc(Cc3ccccc3)on2)CSc2cc3[nH]nc(Cl)c3cc21. The van der Waals surface area contributed by atoms with Gasteiger partial charge in [0.05, 0.1) is 11.2 Å². The molecule has 0 radical (unpaired) electrons. The fraction of sp³-hybridized carbons (Fsp3) is 0.182. The minimum Gasteiger partial charge on any atom is -0.360 e. The van der Waals surface area contributed by atoms with Crippen LogP contribution in [0.3, 0.4) is 0 Å². The monoisotopic (exact) mass is 467 g/mol. The maximum absolute atomic E-state index is 13.1. The number of rotatable bonds is 4. The summed E-state index contributed by atoms with van der Waals surface area (Å²) in [5.41, 5.74) is 2.71. The van der Waals surface area contributed by atoms with Gasteiger partial charge in [0.25, 0.3) is 5.91 Å². The summed E-state index contributed by atoms with van der Waals surface area (Å²) in [6, 6.07) is 14.4. The molecule has 2 N–H and O–H groups in total. The first kappa shape index (κ1) is 20.6. The maximum Gasteiger partial charge on any atom is 0.274 e. The minimum atomic E-state index is -0.717. The fourth-order valence-corrected chi connectivity index (χ4v) is 4.93. The number of likely N-dealkylation sites (N-methyl/N-ethyl adjacent to an activating group) is 1. The van der Waals surface area contributed by atoms with Gasteiger partial charge in [-0.2, -0.15) is 5.10 Å². The lowest BCUT2D eigenvalue weighted by atomic mass is 10.1. The number of carbonyl (C=O) groups is 2. The van der Waals surface area contributed by atoms with Crippen molar-refractivity contribution >= 4 is 51.8 Å². The third kappa shape index (κ3) is 3.85. The summed E-state index contributed by atoms with van der Waals surface area (Å²) in [5, 5.41) is 14.6. The Morgan fingerprint density at radius 2 is 2.12 bits per heavy atom. The van der Waals surface area contributed by atoms with Crippen LogP contribution in [0, 0.1) is 0 Å². The minimum absolute atomic E-state index is 0.143. The van der Waals surface area contributed by atoms with E-state index in [1.54, 1.807) is 13.1 Å². The van der Waals surface area contributed by atoms with Gasteiger partial charge in [-0.3, -0.25) is 14.7 Å². The van der Waals surface area contributed by atoms with Crippen LogP contribution in [0.5, 0.6) is 0 Å². The van der Waals surface area contributed by atoms with Crippen LogP contribution in [0.4, 0.5) is 5.69 Å². The highest BCUT2D eigenvalue weighted by Crippen LogP contribution is 2.38. The summed E-state index contributed by atoms with van der Waals surface area (Å²) in [7, 11) is 1.68. The molecule has 2 aromatic carbocycles. The molecule has 0 saturated heterocycles. The third-order valence-corrected chi connectivity index (χ3v) is 6.74. The number of thioether (sulfide) groups is 1. The molecule has 0 unspecified atom stereocenters. The average molecular weight is 468 g/mol. The van der Waals surface area contributed by atoms with E-state index in [1.165, 1.54) is 16.7 Å². The summed E-state index contributed by atoms with van der Waals surface area (Å²) < 4.78 is 5.32. The number of hydrogen-bond donors (Lipinski definition) is 2. The molecule has 10 heteroatoms. The van der Waals surface area contributed by atoms with Gasteiger partial charge in [0.1, 0.15) is 11.8 Å². The average Bonchev–Trinajstić information content (AvgIpc) is 3.39. The van der Waals surface area contributed by atoms with Crippen molar-refractivity contribution in [1.82, 2.24) is 20.7 Å². The van der Waals surface area contributed by atoms with Gasteiger partial charge >= 0.3 is 0 Å². The normalized spacial score (nSPS) is 16.1. The molecule has 5 rings (SSSR count). The van der Waals surface area contributed by atoms with Gasteiger partial charge in [-0.15, -0.1) is 11.8 Å². The number of hydrogen-bond acceptors (Lipinski definition) is 6. The molecule has 2 aromatic heterocycles. The van der Waals surface area contributed by atoms with Crippen LogP contribution in [0.2, 0.25) is 5.15 Å². The van der Waals surface area contributed by atoms with E-state index in [0.29, 0.717) is 23.1 Å². The van der Waals surface area contributed by atoms with Gasteiger partial charge in [0.2, 0.25) is 5.91 Å². The second-order valence-corrected chi connectivity index (χ2v) is 8.87. The van der Waals surface area contributed by atoms with Gasteiger partial charge in [-0.05, 0) is 17.7 Å². The Morgan fingerprint density at radius 3 is 2.94 bits per heavy atom. The molecule has 1 aliphatic rings. The van der Waals surface area contributed by atoms with Crippen LogP contribution in [0.15, 0.2) is 57.9 Å². The van der Waals surface area contributed by atoms with E-state index in [-0.39, 0.29) is 11.6 Å². The second-order valence-electron chi connectivity index (χ2n) is 7.46. The Morgan fingerprint density at radius 1 is 1.31 bits per heavy atom. The summed E-state index contributed by atoms with van der Waals surface area (Å²) in [5.74, 6) is 0.277. The predicted octanol–water partition coefficient (Wildman–Crippen LogP) is 3.66. The smallest absolute Gasteiger partial charge is 0.274 e. The van der Waals surface area contributed by atoms with Crippen molar-refractivity contribution in [3.8, 4) is 0 Å². The maximum atomic E-state index is 13.1. The number of carbonyl (C=O) groups excluding carboxylic acids is 2. The first-order valence-electron chi connectivity index (χ1n) is 9.88. The van der Waals surface area contributed by atoms with E-state index in [4.69, 9.17) is 16.1 Å². The van der Waals surface area contributed by atoms with Crippen molar-refractivity contribution in [2.75, 3.05) is 17.7 Å². The Bertz CT molecular complexity index is 1320. The number of benzene rings is 2. The van der Waals surface area contributed by atoms with Crippen molar-refractivity contribution in [2.24, 2.45) is 0 Å². The predicted molar refractivity (Wildman–Crippen MR) is 122 cm³/mol. The molecule has 0 fully saturated rings. The summed E-state index contributed by atoms with van der Waals surface area (Å²) in [6.45, 7) is 0. The highest BCUT2D eigenvalue weighted by molar-refractivity contribution is 7.99. The number of nitrogens with one attached hydrogen (secondary N) is 2. The van der Waals surface area contributed by atoms with E-state index in [0.717, 1.165) is 27.0 Å². The lowest BCUT2D eigenvalue weighted by Crippen LogP contribution is -2.48. The topological polar surface area (TPSA) is 104 Å². The van der Waals surface area contributed by atoms with E-state index in [1.807, 2.05) is 42.5 Å². The first-order valence-corrected chi connectivity index (χ1v) is 11.2. The van der Waals surface area contributed by atoms with Crippen molar-refractivity contribution in [3.05, 3.63) is 70.7 Å². The molecule has 32 heavy (non-hydrogen) atoms. The van der Waals surface area contributed by atoms with E-state index in [2.05, 4.69) is 20.7 Å². The van der Waals surface area contributed by atoms with E-state index < -0.39 is 11.9 Å². The highest BCUT2D eigenvalue weighted by atomic mass is 35.5. The first-order chi connectivity index (χ1) is 15.5. The van der Waals surface area contributed by atoms with Crippen LogP contribution in [0.1, 0.15) is 21.8 Å². The van der Waals surface area contributed by atoms with Crippen LogP contribution in [0.25, 0.3) is 10.9 Å². The highest BCUT2D eigenvalue weighted by Gasteiger charge is 2.31. The number of fused-ring (bicyclic) bond motifs is 2. The van der Waals surface area contributed by atoms with Crippen LogP contribution in [-0.2, 0) is 11.2 Å². The third-order valence-electron chi connectivity index (χ3n) is 5.31. The van der Waals surface area contributed by atoms with Gasteiger partial charge < -0.3 is 14.7 Å². The number of aromatic nitrogens is 3. The number of nitrogens with zero attached hydrogens (tertiary/aromatic N) is 3. The summed E-state index contributed by atoms with van der Waals surface area (Å²) in [4.78, 5) is 28.3. The molecule has 4 aromatic rings. The largest absolute Gasteiger partial charge is 0.360 e. The molecule has 0 bridgehead atoms. The molecule has 0 saturated carbocycles. The summed E-state index contributed by atoms with van der Waals surface area (Å²) >= 11 is 7.61. The molecule has 1 aliphatic heterocycles. The molecular formula is C22H18ClN5O3S. The molecule has 1 atom stereocenters. The van der Waals surface area contributed by atoms with Crippen molar-refractivity contribution in [2.45, 2.75) is 17.4 Å². The number of aromatic amines is 1. The van der Waals surface area contributed by atoms with Crippen molar-refractivity contribution < 1.29 is 14.1 Å². The van der Waals surface area contributed by atoms with E-state index in [9.17, 15) is 9.59 Å². The zero-order valence-corrected chi connectivity index (χ0v) is 18.5. The quantitative estimate of drug-likeness (QED) is 0.474. The number of halogens is 1. The molecular weight excluding hydrogens is 450 g/mol. The van der Waals surface area contributed by atoms with Gasteiger partial charge in [0.15, 0.2) is 10.8 Å². The van der Waals surface area contributed by atoms with Crippen LogP contribution < -0.4 is 10.2 Å². The zero-order valence-electron chi connectivity index (χ0n) is 17.0. The Balaban J connectivity index is 1.32. The molecule has 3 heterocycles. The van der Waals surface area contributed by atoms with Gasteiger partial charge in [-0.1, -0.05) is 47.1 Å². The Labute approximate surface area is 192 Å². The standard InChI is InChI=1S/C22H18ClN5O3S/c1-28-18-9-14-15(25-26-20(14)23)10-19(18)32-11-17(22(28)30)24-21(29)16-8-13(31-27-16)7-12-5-3-2-4-6-12/h2-6,8-10,17H,7,11H2,1H3,(H,24,29)(H,25,26)/t17-/m0/s1. The lowest BCUT2D eigenvalue weighted by Gasteiger charge is -2.21. The fourth-order valence-electron chi connectivity index (χ4n) is 3.61. The van der Waals surface area contributed by atoms with Gasteiger partial charge in [-0.25, -0.2) is 0 Å². The number of amides is 2. The molecule has 8 nitrogen and oxygen atoms in total. The molecule has 0 spiro atoms. The summed E-state index contributed by atoms with van der Waals surface area (Å²) in [6.07, 6.45) is 0.530. The van der Waals surface area contributed by atoms with Crippen LogP contribution in [-0.4, -0.2) is 46.0 Å². The molecule has 0 aliphatic carbocycles. The zero-order chi connectivity index (χ0) is 22.2. The molecule has 2 amide bonds. The van der Waals surface area contributed by atoms with Crippen LogP contribution >= 0.6 is 23.4 Å². The second kappa shape index (κ2) is 8.33. The number of anilines is 1. The van der Waals surface area contributed by atoms with E-state index >= 15 is 0 Å². The van der Waals surface area contributed by atoms with Crippen molar-refractivity contribution in [1.29, 1.82) is 0 Å². The Kier molecular flexibility index (Phi) is 5.36.